The molecule has 0 aromatic rings. The van der Waals surface area contributed by atoms with Crippen LogP contribution in [0, 0.1) is 17.3 Å². The molecule has 2 nitrogen and oxygen atoms in total. The van der Waals surface area contributed by atoms with E-state index in [0.29, 0.717) is 5.92 Å². The first-order valence-corrected chi connectivity index (χ1v) is 3.20. The summed E-state index contributed by atoms with van der Waals surface area (Å²) in [6, 6.07) is 0. The van der Waals surface area contributed by atoms with Gasteiger partial charge in [-0.15, -0.1) is 0 Å². The monoisotopic (exact) mass is 128 g/mol. The summed E-state index contributed by atoms with van der Waals surface area (Å²) in [4.78, 5) is 10.4. The van der Waals surface area contributed by atoms with Crippen LogP contribution in [0.25, 0.3) is 0 Å². The number of hydrogen-bond donors (Lipinski definition) is 1. The second-order valence-electron chi connectivity index (χ2n) is 3.43. The van der Waals surface area contributed by atoms with E-state index < -0.39 is 5.97 Å². The Morgan fingerprint density at radius 1 is 1.56 bits per heavy atom. The first-order valence-electron chi connectivity index (χ1n) is 3.20. The number of rotatable bonds is 1. The minimum absolute atomic E-state index is 0.0475. The molecule has 2 heteroatoms. The molecular formula is C7H12O2. The molecule has 1 aliphatic rings. The smallest absolute Gasteiger partial charge is 0.307 e. The van der Waals surface area contributed by atoms with Gasteiger partial charge in [-0.05, 0) is 11.3 Å². The lowest BCUT2D eigenvalue weighted by Crippen LogP contribution is -2.02. The summed E-state index contributed by atoms with van der Waals surface area (Å²) in [6.45, 7) is 5.98. The van der Waals surface area contributed by atoms with Gasteiger partial charge in [0.05, 0.1) is 5.92 Å². The molecule has 0 unspecified atom stereocenters. The predicted molar refractivity (Wildman–Crippen MR) is 34.1 cm³/mol. The van der Waals surface area contributed by atoms with Crippen molar-refractivity contribution in [3.63, 3.8) is 0 Å². The van der Waals surface area contributed by atoms with Gasteiger partial charge < -0.3 is 5.11 Å². The van der Waals surface area contributed by atoms with Gasteiger partial charge >= 0.3 is 5.97 Å². The summed E-state index contributed by atoms with van der Waals surface area (Å²) in [7, 11) is 0. The van der Waals surface area contributed by atoms with Crippen LogP contribution < -0.4 is 0 Å². The first kappa shape index (κ1) is 6.59. The fraction of sp³-hybridized carbons (Fsp3) is 0.857. The van der Waals surface area contributed by atoms with Gasteiger partial charge in [0.15, 0.2) is 0 Å². The van der Waals surface area contributed by atoms with E-state index in [9.17, 15) is 4.79 Å². The standard InChI is InChI=1S/C7H12O2/c1-4-5(6(8)9)7(4,2)3/h4-5H,1-3H3,(H,8,9)/t4-,5+/m0/s1. The van der Waals surface area contributed by atoms with Crippen LogP contribution in [-0.2, 0) is 4.79 Å². The van der Waals surface area contributed by atoms with Crippen LogP contribution in [0.4, 0.5) is 0 Å². The summed E-state index contributed by atoms with van der Waals surface area (Å²) in [5.74, 6) is -0.389. The minimum atomic E-state index is -0.646. The van der Waals surface area contributed by atoms with Gasteiger partial charge in [0, 0.05) is 0 Å². The first-order chi connectivity index (χ1) is 3.98. The fourth-order valence-electron chi connectivity index (χ4n) is 1.43. The largest absolute Gasteiger partial charge is 0.481 e. The van der Waals surface area contributed by atoms with Gasteiger partial charge in [-0.1, -0.05) is 20.8 Å². The van der Waals surface area contributed by atoms with Crippen molar-refractivity contribution in [3.8, 4) is 0 Å². The quantitative estimate of drug-likeness (QED) is 0.579. The lowest BCUT2D eigenvalue weighted by atomic mass is 10.1. The Kier molecular flexibility index (Phi) is 1.09. The Labute approximate surface area is 54.9 Å². The molecule has 0 spiro atoms. The maximum absolute atomic E-state index is 10.4. The highest BCUT2D eigenvalue weighted by molar-refractivity contribution is 5.75. The lowest BCUT2D eigenvalue weighted by molar-refractivity contribution is -0.139. The Hall–Kier alpha value is -0.530. The van der Waals surface area contributed by atoms with Crippen LogP contribution in [0.2, 0.25) is 0 Å². The van der Waals surface area contributed by atoms with Crippen molar-refractivity contribution in [1.29, 1.82) is 0 Å². The topological polar surface area (TPSA) is 37.3 Å². The van der Waals surface area contributed by atoms with E-state index in [-0.39, 0.29) is 11.3 Å². The maximum Gasteiger partial charge on any atom is 0.307 e. The zero-order valence-corrected chi connectivity index (χ0v) is 6.01. The van der Waals surface area contributed by atoms with Crippen molar-refractivity contribution < 1.29 is 9.90 Å². The highest BCUT2D eigenvalue weighted by atomic mass is 16.4. The number of carbonyl (C=O) groups is 1. The second-order valence-corrected chi connectivity index (χ2v) is 3.43. The molecule has 1 saturated carbocycles. The molecular weight excluding hydrogens is 116 g/mol. The third-order valence-electron chi connectivity index (χ3n) is 2.63. The maximum atomic E-state index is 10.4. The third-order valence-corrected chi connectivity index (χ3v) is 2.63. The zero-order chi connectivity index (χ0) is 7.23. The molecule has 0 amide bonds. The highest BCUT2D eigenvalue weighted by Crippen LogP contribution is 2.57. The predicted octanol–water partition coefficient (Wildman–Crippen LogP) is 1.36. The van der Waals surface area contributed by atoms with Crippen LogP contribution in [0.3, 0.4) is 0 Å². The summed E-state index contributed by atoms with van der Waals surface area (Å²) in [5, 5.41) is 8.56. The molecule has 0 radical (unpaired) electrons. The molecule has 1 fully saturated rings. The molecule has 1 N–H and O–H groups in total. The Bertz CT molecular complexity index is 149. The number of aliphatic carboxylic acids is 1. The molecule has 1 rings (SSSR count). The Balaban J connectivity index is 2.62. The summed E-state index contributed by atoms with van der Waals surface area (Å²) in [6.07, 6.45) is 0. The van der Waals surface area contributed by atoms with Crippen LogP contribution >= 0.6 is 0 Å². The molecule has 1 aliphatic carbocycles. The highest BCUT2D eigenvalue weighted by Gasteiger charge is 2.59. The molecule has 0 heterocycles. The molecule has 2 atom stereocenters. The average Bonchev–Trinajstić information content (AvgIpc) is 2.07. The van der Waals surface area contributed by atoms with Gasteiger partial charge in [-0.2, -0.15) is 0 Å². The molecule has 0 bridgehead atoms. The summed E-state index contributed by atoms with van der Waals surface area (Å²) >= 11 is 0. The third kappa shape index (κ3) is 0.732. The van der Waals surface area contributed by atoms with Gasteiger partial charge in [-0.3, -0.25) is 4.79 Å². The van der Waals surface area contributed by atoms with Gasteiger partial charge in [0.25, 0.3) is 0 Å². The van der Waals surface area contributed by atoms with Crippen LogP contribution in [0.5, 0.6) is 0 Å². The average molecular weight is 128 g/mol. The van der Waals surface area contributed by atoms with E-state index >= 15 is 0 Å². The van der Waals surface area contributed by atoms with Crippen molar-refractivity contribution in [2.45, 2.75) is 20.8 Å². The lowest BCUT2D eigenvalue weighted by Gasteiger charge is -1.95. The fourth-order valence-corrected chi connectivity index (χ4v) is 1.43. The molecule has 52 valence electrons. The molecule has 0 aliphatic heterocycles. The van der Waals surface area contributed by atoms with Crippen molar-refractivity contribution in [3.05, 3.63) is 0 Å². The van der Waals surface area contributed by atoms with E-state index in [0.717, 1.165) is 0 Å². The van der Waals surface area contributed by atoms with Crippen molar-refractivity contribution in [2.75, 3.05) is 0 Å². The minimum Gasteiger partial charge on any atom is -0.481 e. The van der Waals surface area contributed by atoms with E-state index in [4.69, 9.17) is 5.11 Å². The molecule has 0 saturated heterocycles. The van der Waals surface area contributed by atoms with Crippen LogP contribution in [0.15, 0.2) is 0 Å². The van der Waals surface area contributed by atoms with Crippen LogP contribution in [0.1, 0.15) is 20.8 Å². The van der Waals surface area contributed by atoms with Crippen molar-refractivity contribution in [2.24, 2.45) is 17.3 Å². The molecule has 9 heavy (non-hydrogen) atoms. The SMILES string of the molecule is C[C@H]1[C@H](C(=O)O)C1(C)C. The van der Waals surface area contributed by atoms with Crippen LogP contribution in [-0.4, -0.2) is 11.1 Å². The van der Waals surface area contributed by atoms with E-state index in [1.54, 1.807) is 0 Å². The summed E-state index contributed by atoms with van der Waals surface area (Å²) in [5.41, 5.74) is 0.0475. The van der Waals surface area contributed by atoms with E-state index in [1.165, 1.54) is 0 Å². The normalized spacial score (nSPS) is 38.1. The summed E-state index contributed by atoms with van der Waals surface area (Å²) < 4.78 is 0. The number of carboxylic acid groups (broad SMARTS) is 1. The van der Waals surface area contributed by atoms with E-state index in [1.807, 2.05) is 20.8 Å². The molecule has 0 aromatic heterocycles. The number of hydrogen-bond acceptors (Lipinski definition) is 1. The molecule has 0 aromatic carbocycles. The van der Waals surface area contributed by atoms with Gasteiger partial charge in [-0.25, -0.2) is 0 Å². The second kappa shape index (κ2) is 1.49. The van der Waals surface area contributed by atoms with Crippen molar-refractivity contribution in [1.82, 2.24) is 0 Å². The van der Waals surface area contributed by atoms with Crippen molar-refractivity contribution >= 4 is 5.97 Å². The van der Waals surface area contributed by atoms with Gasteiger partial charge in [0.2, 0.25) is 0 Å². The zero-order valence-electron chi connectivity index (χ0n) is 6.01. The Morgan fingerprint density at radius 2 is 1.89 bits per heavy atom. The number of carboxylic acids is 1. The van der Waals surface area contributed by atoms with E-state index in [2.05, 4.69) is 0 Å². The Morgan fingerprint density at radius 3 is 1.89 bits per heavy atom. The van der Waals surface area contributed by atoms with Gasteiger partial charge in [0.1, 0.15) is 0 Å².